The molecular formula is C19H21NO3. The van der Waals surface area contributed by atoms with Crippen LogP contribution in [0.3, 0.4) is 0 Å². The van der Waals surface area contributed by atoms with Crippen LogP contribution in [-0.2, 0) is 24.2 Å². The van der Waals surface area contributed by atoms with E-state index in [0.29, 0.717) is 13.0 Å². The van der Waals surface area contributed by atoms with Crippen molar-refractivity contribution in [3.05, 3.63) is 59.2 Å². The molecule has 0 unspecified atom stereocenters. The van der Waals surface area contributed by atoms with Crippen molar-refractivity contribution in [2.45, 2.75) is 19.4 Å². The van der Waals surface area contributed by atoms with Gasteiger partial charge in [0, 0.05) is 13.1 Å². The quantitative estimate of drug-likeness (QED) is 0.871. The maximum absolute atomic E-state index is 12.6. The third kappa shape index (κ3) is 3.47. The average Bonchev–Trinajstić information content (AvgIpc) is 2.60. The Morgan fingerprint density at radius 3 is 2.61 bits per heavy atom. The zero-order chi connectivity index (χ0) is 16.2. The lowest BCUT2D eigenvalue weighted by Gasteiger charge is -2.29. The molecular weight excluding hydrogens is 290 g/mol. The molecule has 0 atom stereocenters. The second-order valence-corrected chi connectivity index (χ2v) is 5.73. The molecule has 0 aliphatic carbocycles. The highest BCUT2D eigenvalue weighted by molar-refractivity contribution is 5.79. The molecule has 4 nitrogen and oxygen atoms in total. The van der Waals surface area contributed by atoms with Crippen LogP contribution in [0.1, 0.15) is 16.7 Å². The van der Waals surface area contributed by atoms with E-state index in [1.165, 1.54) is 11.1 Å². The SMILES string of the molecule is COc1cccc(CC(=O)N2CCc3cc(OC)ccc3C2)c1. The number of carbonyl (C=O) groups excluding carboxylic acids is 1. The normalized spacial score (nSPS) is 13.4. The Hall–Kier alpha value is -2.49. The average molecular weight is 311 g/mol. The first kappa shape index (κ1) is 15.4. The monoisotopic (exact) mass is 311 g/mol. The predicted molar refractivity (Wildman–Crippen MR) is 88.8 cm³/mol. The highest BCUT2D eigenvalue weighted by atomic mass is 16.5. The Balaban J connectivity index is 1.69. The topological polar surface area (TPSA) is 38.8 Å². The predicted octanol–water partition coefficient (Wildman–Crippen LogP) is 2.83. The van der Waals surface area contributed by atoms with Gasteiger partial charge < -0.3 is 14.4 Å². The van der Waals surface area contributed by atoms with Gasteiger partial charge in [-0.25, -0.2) is 0 Å². The lowest BCUT2D eigenvalue weighted by molar-refractivity contribution is -0.131. The van der Waals surface area contributed by atoms with Crippen molar-refractivity contribution in [1.82, 2.24) is 4.90 Å². The van der Waals surface area contributed by atoms with E-state index in [1.54, 1.807) is 14.2 Å². The first-order valence-corrected chi connectivity index (χ1v) is 7.76. The van der Waals surface area contributed by atoms with Gasteiger partial charge in [0.15, 0.2) is 0 Å². The summed E-state index contributed by atoms with van der Waals surface area (Å²) in [7, 11) is 3.31. The van der Waals surface area contributed by atoms with Crippen LogP contribution in [0.15, 0.2) is 42.5 Å². The third-order valence-electron chi connectivity index (χ3n) is 4.27. The van der Waals surface area contributed by atoms with Gasteiger partial charge in [0.2, 0.25) is 5.91 Å². The minimum atomic E-state index is 0.153. The first-order chi connectivity index (χ1) is 11.2. The fourth-order valence-corrected chi connectivity index (χ4v) is 2.94. The van der Waals surface area contributed by atoms with Crippen molar-refractivity contribution in [2.24, 2.45) is 0 Å². The smallest absolute Gasteiger partial charge is 0.227 e. The number of fused-ring (bicyclic) bond motifs is 1. The van der Waals surface area contributed by atoms with Gasteiger partial charge in [0.25, 0.3) is 0 Å². The standard InChI is InChI=1S/C19H21NO3/c1-22-17-5-3-4-14(10-17)11-19(21)20-9-8-15-12-18(23-2)7-6-16(15)13-20/h3-7,10,12H,8-9,11,13H2,1-2H3. The third-order valence-corrected chi connectivity index (χ3v) is 4.27. The number of methoxy groups -OCH3 is 2. The fraction of sp³-hybridized carbons (Fsp3) is 0.316. The van der Waals surface area contributed by atoms with Crippen LogP contribution in [0.5, 0.6) is 11.5 Å². The number of amides is 1. The molecule has 2 aromatic rings. The van der Waals surface area contributed by atoms with Crippen LogP contribution in [0.4, 0.5) is 0 Å². The molecule has 1 amide bonds. The molecule has 1 heterocycles. The zero-order valence-corrected chi connectivity index (χ0v) is 13.5. The van der Waals surface area contributed by atoms with Gasteiger partial charge in [-0.3, -0.25) is 4.79 Å². The molecule has 120 valence electrons. The summed E-state index contributed by atoms with van der Waals surface area (Å²) in [5.74, 6) is 1.81. The number of ether oxygens (including phenoxy) is 2. The summed E-state index contributed by atoms with van der Waals surface area (Å²) in [5, 5.41) is 0. The summed E-state index contributed by atoms with van der Waals surface area (Å²) in [6.07, 6.45) is 1.28. The molecule has 1 aliphatic rings. The van der Waals surface area contributed by atoms with E-state index in [2.05, 4.69) is 12.1 Å². The zero-order valence-electron chi connectivity index (χ0n) is 13.5. The summed E-state index contributed by atoms with van der Waals surface area (Å²) in [4.78, 5) is 14.5. The van der Waals surface area contributed by atoms with Crippen LogP contribution >= 0.6 is 0 Å². The van der Waals surface area contributed by atoms with Crippen LogP contribution in [-0.4, -0.2) is 31.6 Å². The molecule has 0 fully saturated rings. The second-order valence-electron chi connectivity index (χ2n) is 5.73. The molecule has 0 spiro atoms. The Morgan fingerprint density at radius 1 is 1.04 bits per heavy atom. The summed E-state index contributed by atoms with van der Waals surface area (Å²) in [6, 6.07) is 13.8. The Labute approximate surface area is 136 Å². The Morgan fingerprint density at radius 2 is 1.83 bits per heavy atom. The van der Waals surface area contributed by atoms with Crippen LogP contribution in [0.2, 0.25) is 0 Å². The maximum atomic E-state index is 12.6. The molecule has 0 saturated carbocycles. The Kier molecular flexibility index (Phi) is 4.51. The van der Waals surface area contributed by atoms with Gasteiger partial charge in [-0.15, -0.1) is 0 Å². The number of benzene rings is 2. The van der Waals surface area contributed by atoms with Crippen molar-refractivity contribution in [2.75, 3.05) is 20.8 Å². The summed E-state index contributed by atoms with van der Waals surface area (Å²) in [6.45, 7) is 1.42. The van der Waals surface area contributed by atoms with Crippen molar-refractivity contribution in [3.63, 3.8) is 0 Å². The fourth-order valence-electron chi connectivity index (χ4n) is 2.94. The lowest BCUT2D eigenvalue weighted by atomic mass is 9.99. The van der Waals surface area contributed by atoms with Crippen molar-refractivity contribution >= 4 is 5.91 Å². The summed E-state index contributed by atoms with van der Waals surface area (Å²) >= 11 is 0. The largest absolute Gasteiger partial charge is 0.497 e. The molecule has 0 aromatic heterocycles. The highest BCUT2D eigenvalue weighted by Gasteiger charge is 2.21. The van der Waals surface area contributed by atoms with E-state index in [9.17, 15) is 4.79 Å². The maximum Gasteiger partial charge on any atom is 0.227 e. The van der Waals surface area contributed by atoms with Gasteiger partial charge in [-0.05, 0) is 47.4 Å². The number of hydrogen-bond acceptors (Lipinski definition) is 3. The van der Waals surface area contributed by atoms with E-state index in [0.717, 1.165) is 30.0 Å². The van der Waals surface area contributed by atoms with Crippen molar-refractivity contribution < 1.29 is 14.3 Å². The van der Waals surface area contributed by atoms with Crippen molar-refractivity contribution in [3.8, 4) is 11.5 Å². The van der Waals surface area contributed by atoms with Crippen LogP contribution in [0.25, 0.3) is 0 Å². The second kappa shape index (κ2) is 6.73. The molecule has 0 saturated heterocycles. The molecule has 4 heteroatoms. The number of carbonyl (C=O) groups is 1. The molecule has 2 aromatic carbocycles. The van der Waals surface area contributed by atoms with Gasteiger partial charge in [-0.2, -0.15) is 0 Å². The highest BCUT2D eigenvalue weighted by Crippen LogP contribution is 2.24. The van der Waals surface area contributed by atoms with Crippen molar-refractivity contribution in [1.29, 1.82) is 0 Å². The van der Waals surface area contributed by atoms with Crippen LogP contribution in [0, 0.1) is 0 Å². The molecule has 0 bridgehead atoms. The molecule has 0 N–H and O–H groups in total. The molecule has 0 radical (unpaired) electrons. The number of nitrogens with zero attached hydrogens (tertiary/aromatic N) is 1. The number of rotatable bonds is 4. The van der Waals surface area contributed by atoms with E-state index < -0.39 is 0 Å². The van der Waals surface area contributed by atoms with E-state index >= 15 is 0 Å². The number of hydrogen-bond donors (Lipinski definition) is 0. The summed E-state index contributed by atoms with van der Waals surface area (Å²) < 4.78 is 10.5. The molecule has 3 rings (SSSR count). The lowest BCUT2D eigenvalue weighted by Crippen LogP contribution is -2.36. The minimum Gasteiger partial charge on any atom is -0.497 e. The summed E-state index contributed by atoms with van der Waals surface area (Å²) in [5.41, 5.74) is 3.46. The Bertz CT molecular complexity index is 712. The van der Waals surface area contributed by atoms with Gasteiger partial charge >= 0.3 is 0 Å². The van der Waals surface area contributed by atoms with E-state index in [1.807, 2.05) is 35.2 Å². The molecule has 23 heavy (non-hydrogen) atoms. The van der Waals surface area contributed by atoms with Gasteiger partial charge in [0.1, 0.15) is 11.5 Å². The van der Waals surface area contributed by atoms with Crippen LogP contribution < -0.4 is 9.47 Å². The van der Waals surface area contributed by atoms with E-state index in [4.69, 9.17) is 9.47 Å². The van der Waals surface area contributed by atoms with Gasteiger partial charge in [-0.1, -0.05) is 18.2 Å². The van der Waals surface area contributed by atoms with E-state index in [-0.39, 0.29) is 5.91 Å². The molecule has 1 aliphatic heterocycles. The van der Waals surface area contributed by atoms with Gasteiger partial charge in [0.05, 0.1) is 20.6 Å². The minimum absolute atomic E-state index is 0.153. The first-order valence-electron chi connectivity index (χ1n) is 7.76.